The Labute approximate surface area is 169 Å². The first-order valence-electron chi connectivity index (χ1n) is 8.98. The highest BCUT2D eigenvalue weighted by Gasteiger charge is 2.23. The topological polar surface area (TPSA) is 60.5 Å². The summed E-state index contributed by atoms with van der Waals surface area (Å²) in [6, 6.07) is 14.7. The molecule has 0 aliphatic heterocycles. The molecule has 6 heteroatoms. The van der Waals surface area contributed by atoms with Crippen LogP contribution in [0.1, 0.15) is 22.8 Å². The third-order valence-electron chi connectivity index (χ3n) is 4.69. The number of carbonyl (C=O) groups is 1. The third-order valence-corrected chi connectivity index (χ3v) is 4.93. The van der Waals surface area contributed by atoms with Gasteiger partial charge < -0.3 is 14.8 Å². The summed E-state index contributed by atoms with van der Waals surface area (Å²) in [5, 5.41) is 4.39. The van der Waals surface area contributed by atoms with Crippen LogP contribution in [0.15, 0.2) is 48.5 Å². The second kappa shape index (κ2) is 8.69. The van der Waals surface area contributed by atoms with Crippen molar-refractivity contribution in [3.8, 4) is 11.3 Å². The lowest BCUT2D eigenvalue weighted by molar-refractivity contribution is -0.117. The van der Waals surface area contributed by atoms with Crippen molar-refractivity contribution in [3.63, 3.8) is 0 Å². The molecule has 1 heterocycles. The molecule has 0 fully saturated rings. The highest BCUT2D eigenvalue weighted by Crippen LogP contribution is 2.31. The number of benzene rings is 2. The van der Waals surface area contributed by atoms with Crippen LogP contribution in [0.5, 0.6) is 0 Å². The summed E-state index contributed by atoms with van der Waals surface area (Å²) in [6.07, 6.45) is -0.537. The number of rotatable bonds is 6. The minimum atomic E-state index is -0.537. The van der Waals surface area contributed by atoms with E-state index in [0.717, 1.165) is 27.7 Å². The van der Waals surface area contributed by atoms with Crippen molar-refractivity contribution >= 4 is 28.4 Å². The molecule has 5 nitrogen and oxygen atoms in total. The van der Waals surface area contributed by atoms with Gasteiger partial charge in [0.25, 0.3) is 5.91 Å². The molecular formula is C22H23ClN2O3. The number of amides is 1. The third kappa shape index (κ3) is 4.02. The molecule has 0 saturated heterocycles. The first-order valence-corrected chi connectivity index (χ1v) is 9.35. The average Bonchev–Trinajstić information content (AvgIpc) is 2.68. The summed E-state index contributed by atoms with van der Waals surface area (Å²) >= 11 is 6.17. The maximum atomic E-state index is 13.2. The van der Waals surface area contributed by atoms with E-state index in [9.17, 15) is 4.79 Å². The Morgan fingerprint density at radius 3 is 2.50 bits per heavy atom. The Bertz CT molecular complexity index is 1000. The van der Waals surface area contributed by atoms with E-state index in [-0.39, 0.29) is 11.9 Å². The Hall–Kier alpha value is -2.47. The van der Waals surface area contributed by atoms with E-state index in [0.29, 0.717) is 10.6 Å². The van der Waals surface area contributed by atoms with Crippen molar-refractivity contribution in [2.24, 2.45) is 0 Å². The van der Waals surface area contributed by atoms with Gasteiger partial charge in [0.2, 0.25) is 0 Å². The van der Waals surface area contributed by atoms with Gasteiger partial charge >= 0.3 is 0 Å². The molecule has 1 atom stereocenters. The minimum Gasteiger partial charge on any atom is -0.354 e. The maximum Gasteiger partial charge on any atom is 0.252 e. The summed E-state index contributed by atoms with van der Waals surface area (Å²) in [7, 11) is 3.09. The van der Waals surface area contributed by atoms with Gasteiger partial charge in [0.05, 0.1) is 22.8 Å². The highest BCUT2D eigenvalue weighted by molar-refractivity contribution is 6.30. The number of pyridine rings is 1. The van der Waals surface area contributed by atoms with E-state index in [1.807, 2.05) is 62.4 Å². The summed E-state index contributed by atoms with van der Waals surface area (Å²) in [6.45, 7) is 3.74. The molecule has 0 unspecified atom stereocenters. The molecule has 1 aromatic heterocycles. The van der Waals surface area contributed by atoms with Gasteiger partial charge in [0.15, 0.2) is 6.29 Å². The van der Waals surface area contributed by atoms with Crippen molar-refractivity contribution in [1.29, 1.82) is 0 Å². The molecule has 28 heavy (non-hydrogen) atoms. The SMILES string of the molecule is COC(OC)[C@H](C)NC(=O)c1c(C)c(-c2cccc(Cl)c2)nc2ccccc12. The summed E-state index contributed by atoms with van der Waals surface area (Å²) < 4.78 is 10.5. The Kier molecular flexibility index (Phi) is 6.29. The Balaban J connectivity index is 2.13. The molecule has 0 bridgehead atoms. The molecule has 0 saturated carbocycles. The fourth-order valence-electron chi connectivity index (χ4n) is 3.37. The van der Waals surface area contributed by atoms with Crippen molar-refractivity contribution in [2.45, 2.75) is 26.2 Å². The highest BCUT2D eigenvalue weighted by atomic mass is 35.5. The van der Waals surface area contributed by atoms with Crippen LogP contribution in [-0.2, 0) is 9.47 Å². The van der Waals surface area contributed by atoms with Crippen LogP contribution >= 0.6 is 11.6 Å². The van der Waals surface area contributed by atoms with Gasteiger partial charge in [-0.05, 0) is 37.6 Å². The quantitative estimate of drug-likeness (QED) is 0.616. The molecule has 0 spiro atoms. The molecule has 2 aromatic carbocycles. The molecule has 0 radical (unpaired) electrons. The Morgan fingerprint density at radius 2 is 1.82 bits per heavy atom. The van der Waals surface area contributed by atoms with E-state index in [1.165, 1.54) is 0 Å². The number of nitrogens with zero attached hydrogens (tertiary/aromatic N) is 1. The largest absolute Gasteiger partial charge is 0.354 e. The standard InChI is InChI=1S/C22H23ClN2O3/c1-13-19(21(26)24-14(2)22(27-3)28-4)17-10-5-6-11-18(17)25-20(13)15-8-7-9-16(23)12-15/h5-12,14,22H,1-4H3,(H,24,26)/t14-/m0/s1. The number of ether oxygens (including phenoxy) is 2. The summed E-state index contributed by atoms with van der Waals surface area (Å²) in [5.74, 6) is -0.203. The molecule has 146 valence electrons. The lowest BCUT2D eigenvalue weighted by Crippen LogP contribution is -2.43. The van der Waals surface area contributed by atoms with E-state index < -0.39 is 6.29 Å². The van der Waals surface area contributed by atoms with E-state index in [2.05, 4.69) is 5.32 Å². The lowest BCUT2D eigenvalue weighted by Gasteiger charge is -2.23. The molecule has 1 N–H and O–H groups in total. The molecule has 3 aromatic rings. The van der Waals surface area contributed by atoms with Gasteiger partial charge in [0.1, 0.15) is 0 Å². The van der Waals surface area contributed by atoms with E-state index in [4.69, 9.17) is 26.1 Å². The molecular weight excluding hydrogens is 376 g/mol. The van der Waals surface area contributed by atoms with Gasteiger partial charge in [-0.3, -0.25) is 4.79 Å². The van der Waals surface area contributed by atoms with Crippen LogP contribution in [0.2, 0.25) is 5.02 Å². The number of para-hydroxylation sites is 1. The Morgan fingerprint density at radius 1 is 1.11 bits per heavy atom. The zero-order valence-electron chi connectivity index (χ0n) is 16.3. The van der Waals surface area contributed by atoms with Crippen LogP contribution in [-0.4, -0.2) is 37.4 Å². The number of aromatic nitrogens is 1. The fraction of sp³-hybridized carbons (Fsp3) is 0.273. The number of hydrogen-bond donors (Lipinski definition) is 1. The van der Waals surface area contributed by atoms with Crippen molar-refractivity contribution in [3.05, 3.63) is 64.7 Å². The van der Waals surface area contributed by atoms with Crippen LogP contribution in [0.4, 0.5) is 0 Å². The predicted octanol–water partition coefficient (Wildman–Crippen LogP) is 4.60. The van der Waals surface area contributed by atoms with Crippen molar-refractivity contribution in [1.82, 2.24) is 10.3 Å². The van der Waals surface area contributed by atoms with Crippen molar-refractivity contribution in [2.75, 3.05) is 14.2 Å². The van der Waals surface area contributed by atoms with Gasteiger partial charge in [-0.25, -0.2) is 4.98 Å². The number of hydrogen-bond acceptors (Lipinski definition) is 4. The average molecular weight is 399 g/mol. The van der Waals surface area contributed by atoms with Gasteiger partial charge in [-0.1, -0.05) is 41.9 Å². The predicted molar refractivity (Wildman–Crippen MR) is 112 cm³/mol. The van der Waals surface area contributed by atoms with E-state index >= 15 is 0 Å². The van der Waals surface area contributed by atoms with Crippen LogP contribution in [0.3, 0.4) is 0 Å². The zero-order chi connectivity index (χ0) is 20.3. The first-order chi connectivity index (χ1) is 13.5. The monoisotopic (exact) mass is 398 g/mol. The fourth-order valence-corrected chi connectivity index (χ4v) is 3.56. The van der Waals surface area contributed by atoms with E-state index in [1.54, 1.807) is 14.2 Å². The van der Waals surface area contributed by atoms with Gasteiger partial charge in [-0.15, -0.1) is 0 Å². The number of fused-ring (bicyclic) bond motifs is 1. The number of methoxy groups -OCH3 is 2. The summed E-state index contributed by atoms with van der Waals surface area (Å²) in [4.78, 5) is 18.0. The van der Waals surface area contributed by atoms with Crippen LogP contribution < -0.4 is 5.32 Å². The smallest absolute Gasteiger partial charge is 0.252 e. The van der Waals surface area contributed by atoms with Crippen LogP contribution in [0, 0.1) is 6.92 Å². The first kappa shape index (κ1) is 20.3. The van der Waals surface area contributed by atoms with Crippen molar-refractivity contribution < 1.29 is 14.3 Å². The van der Waals surface area contributed by atoms with Crippen LogP contribution in [0.25, 0.3) is 22.2 Å². The maximum absolute atomic E-state index is 13.2. The second-order valence-electron chi connectivity index (χ2n) is 6.59. The number of nitrogens with one attached hydrogen (secondary N) is 1. The number of carbonyl (C=O) groups excluding carboxylic acids is 1. The number of halogens is 1. The van der Waals surface area contributed by atoms with Gasteiger partial charge in [0, 0.05) is 30.2 Å². The van der Waals surface area contributed by atoms with Gasteiger partial charge in [-0.2, -0.15) is 0 Å². The second-order valence-corrected chi connectivity index (χ2v) is 7.03. The minimum absolute atomic E-state index is 0.203. The normalized spacial score (nSPS) is 12.4. The molecule has 3 rings (SSSR count). The molecule has 1 amide bonds. The lowest BCUT2D eigenvalue weighted by atomic mass is 9.97. The summed E-state index contributed by atoms with van der Waals surface area (Å²) in [5.41, 5.74) is 3.71. The molecule has 0 aliphatic carbocycles. The molecule has 0 aliphatic rings. The zero-order valence-corrected chi connectivity index (χ0v) is 17.1.